The van der Waals surface area contributed by atoms with E-state index in [2.05, 4.69) is 16.0 Å². The Morgan fingerprint density at radius 1 is 0.930 bits per heavy atom. The summed E-state index contributed by atoms with van der Waals surface area (Å²) in [4.78, 5) is 68.3. The van der Waals surface area contributed by atoms with Crippen molar-refractivity contribution >= 4 is 29.3 Å². The number of epoxide rings is 1. The highest BCUT2D eigenvalue weighted by molar-refractivity contribution is 6.16. The molecule has 0 saturated carbocycles. The molecule has 4 rings (SSSR count). The number of carbonyl (C=O) groups excluding carboxylic acids is 5. The number of amides is 3. The number of methoxy groups -OCH3 is 1. The molecular formula is C31H38N4O8. The molecular weight excluding hydrogens is 556 g/mol. The fraction of sp³-hybridized carbons (Fsp3) is 0.452. The summed E-state index contributed by atoms with van der Waals surface area (Å²) in [5.74, 6) is -2.50. The molecule has 0 aliphatic carbocycles. The number of benzene rings is 2. The zero-order valence-corrected chi connectivity index (χ0v) is 24.6. The first kappa shape index (κ1) is 31.8. The van der Waals surface area contributed by atoms with Crippen molar-refractivity contribution in [2.24, 2.45) is 0 Å². The molecule has 0 radical (unpaired) electrons. The maximum atomic E-state index is 13.7. The minimum Gasteiger partial charge on any atom is -0.497 e. The average molecular weight is 595 g/mol. The highest BCUT2D eigenvalue weighted by Gasteiger charge is 2.50. The number of Topliss-reactive ketones (excluding diaryl/α,β-unsaturated/α-hetero) is 2. The second-order valence-corrected chi connectivity index (χ2v) is 10.8. The van der Waals surface area contributed by atoms with Gasteiger partial charge in [0.05, 0.1) is 39.5 Å². The van der Waals surface area contributed by atoms with Crippen molar-refractivity contribution < 1.29 is 38.2 Å². The van der Waals surface area contributed by atoms with Crippen molar-refractivity contribution in [1.29, 1.82) is 0 Å². The second kappa shape index (κ2) is 14.4. The number of ether oxygens (including phenoxy) is 3. The van der Waals surface area contributed by atoms with Gasteiger partial charge in [-0.25, -0.2) is 0 Å². The number of ketones is 2. The molecule has 43 heavy (non-hydrogen) atoms. The molecule has 12 heteroatoms. The Hall–Kier alpha value is -4.13. The second-order valence-electron chi connectivity index (χ2n) is 10.8. The summed E-state index contributed by atoms with van der Waals surface area (Å²) in [5.41, 5.74) is -0.0946. The summed E-state index contributed by atoms with van der Waals surface area (Å²) in [6, 6.07) is 11.5. The fourth-order valence-electron chi connectivity index (χ4n) is 4.69. The normalized spacial score (nSPS) is 20.2. The van der Waals surface area contributed by atoms with Crippen LogP contribution in [0.2, 0.25) is 0 Å². The number of hydrogen-bond donors (Lipinski definition) is 3. The van der Waals surface area contributed by atoms with E-state index in [-0.39, 0.29) is 36.8 Å². The Balaban J connectivity index is 1.51. The van der Waals surface area contributed by atoms with E-state index in [0.717, 1.165) is 5.56 Å². The molecule has 3 amide bonds. The van der Waals surface area contributed by atoms with Crippen molar-refractivity contribution in [3.8, 4) is 5.75 Å². The van der Waals surface area contributed by atoms with Gasteiger partial charge in [-0.3, -0.25) is 28.9 Å². The van der Waals surface area contributed by atoms with Crippen LogP contribution in [-0.4, -0.2) is 104 Å². The first-order valence-corrected chi connectivity index (χ1v) is 14.2. The Kier molecular flexibility index (Phi) is 10.6. The molecule has 2 aromatic carbocycles. The van der Waals surface area contributed by atoms with E-state index in [4.69, 9.17) is 14.2 Å². The van der Waals surface area contributed by atoms with E-state index in [1.54, 1.807) is 19.1 Å². The predicted octanol–water partition coefficient (Wildman–Crippen LogP) is 0.285. The van der Waals surface area contributed by atoms with Crippen LogP contribution in [0.5, 0.6) is 5.75 Å². The molecule has 4 atom stereocenters. The quantitative estimate of drug-likeness (QED) is 0.159. The van der Waals surface area contributed by atoms with Crippen LogP contribution in [0.4, 0.5) is 0 Å². The third kappa shape index (κ3) is 8.69. The molecule has 4 unspecified atom stereocenters. The number of morpholine rings is 1. The average Bonchev–Trinajstić information content (AvgIpc) is 3.77. The summed E-state index contributed by atoms with van der Waals surface area (Å²) < 4.78 is 15.8. The van der Waals surface area contributed by atoms with Crippen molar-refractivity contribution in [1.82, 2.24) is 20.9 Å². The Morgan fingerprint density at radius 2 is 1.58 bits per heavy atom. The van der Waals surface area contributed by atoms with Gasteiger partial charge in [0.1, 0.15) is 17.4 Å². The lowest BCUT2D eigenvalue weighted by Gasteiger charge is -2.27. The molecule has 2 aliphatic rings. The van der Waals surface area contributed by atoms with E-state index in [1.807, 2.05) is 35.2 Å². The van der Waals surface area contributed by atoms with E-state index in [0.29, 0.717) is 32.1 Å². The van der Waals surface area contributed by atoms with Crippen molar-refractivity contribution in [2.45, 2.75) is 44.0 Å². The number of nitrogens with zero attached hydrogens (tertiary/aromatic N) is 1. The summed E-state index contributed by atoms with van der Waals surface area (Å²) in [6.45, 7) is 5.65. The maximum absolute atomic E-state index is 13.7. The Morgan fingerprint density at radius 3 is 2.19 bits per heavy atom. The molecule has 230 valence electrons. The van der Waals surface area contributed by atoms with Gasteiger partial charge in [-0.15, -0.1) is 0 Å². The molecule has 2 aromatic rings. The number of hydrogen-bond acceptors (Lipinski definition) is 9. The first-order chi connectivity index (χ1) is 20.6. The maximum Gasteiger partial charge on any atom is 0.251 e. The highest BCUT2D eigenvalue weighted by atomic mass is 16.6. The third-order valence-corrected chi connectivity index (χ3v) is 7.44. The van der Waals surface area contributed by atoms with Gasteiger partial charge in [0.25, 0.3) is 5.91 Å². The molecule has 12 nitrogen and oxygen atoms in total. The van der Waals surface area contributed by atoms with E-state index >= 15 is 0 Å². The standard InChI is InChI=1S/C31H38N4O8/c1-20(32-25(36)18-35-13-15-42-16-14-35)29(39)34-26(27(37)22-9-11-23(41-3)12-10-22)30(40)33-24(28(38)31(2)19-43-31)17-21-7-5-4-6-8-21/h4-12,20,24,26H,13-19H2,1-3H3,(H,32,36)(H,33,40)(H,34,39). The number of rotatable bonds is 14. The minimum atomic E-state index is -1.68. The van der Waals surface area contributed by atoms with Crippen molar-refractivity contribution in [3.05, 3.63) is 65.7 Å². The number of nitrogens with one attached hydrogen (secondary N) is 3. The van der Waals surface area contributed by atoms with Crippen molar-refractivity contribution in [3.63, 3.8) is 0 Å². The zero-order chi connectivity index (χ0) is 31.0. The van der Waals surface area contributed by atoms with E-state index in [1.165, 1.54) is 26.2 Å². The number of carbonyl (C=O) groups is 5. The van der Waals surface area contributed by atoms with Gasteiger partial charge >= 0.3 is 0 Å². The van der Waals surface area contributed by atoms with Crippen LogP contribution < -0.4 is 20.7 Å². The van der Waals surface area contributed by atoms with E-state index in [9.17, 15) is 24.0 Å². The summed E-state index contributed by atoms with van der Waals surface area (Å²) in [6.07, 6.45) is 0.162. The predicted molar refractivity (Wildman–Crippen MR) is 156 cm³/mol. The Labute approximate surface area is 250 Å². The van der Waals surface area contributed by atoms with Gasteiger partial charge in [0.15, 0.2) is 17.6 Å². The summed E-state index contributed by atoms with van der Waals surface area (Å²) >= 11 is 0. The highest BCUT2D eigenvalue weighted by Crippen LogP contribution is 2.29. The zero-order valence-electron chi connectivity index (χ0n) is 24.6. The molecule has 2 fully saturated rings. The SMILES string of the molecule is COc1ccc(C(=O)C(NC(=O)C(C)NC(=O)CN2CCOCC2)C(=O)NC(Cc2ccccc2)C(=O)C2(C)CO2)cc1. The lowest BCUT2D eigenvalue weighted by atomic mass is 9.94. The van der Waals surface area contributed by atoms with Crippen LogP contribution >= 0.6 is 0 Å². The molecule has 0 bridgehead atoms. The van der Waals surface area contributed by atoms with Gasteiger partial charge in [0.2, 0.25) is 11.8 Å². The molecule has 0 aromatic heterocycles. The van der Waals surface area contributed by atoms with Gasteiger partial charge in [-0.1, -0.05) is 30.3 Å². The van der Waals surface area contributed by atoms with Gasteiger partial charge in [0, 0.05) is 18.7 Å². The van der Waals surface area contributed by atoms with Crippen LogP contribution in [0.3, 0.4) is 0 Å². The largest absolute Gasteiger partial charge is 0.497 e. The van der Waals surface area contributed by atoms with Crippen LogP contribution in [0.25, 0.3) is 0 Å². The molecule has 2 heterocycles. The van der Waals surface area contributed by atoms with Crippen molar-refractivity contribution in [2.75, 3.05) is 46.6 Å². The fourth-order valence-corrected chi connectivity index (χ4v) is 4.69. The van der Waals surface area contributed by atoms with Crippen LogP contribution in [0, 0.1) is 0 Å². The van der Waals surface area contributed by atoms with Crippen LogP contribution in [0.1, 0.15) is 29.8 Å². The third-order valence-electron chi connectivity index (χ3n) is 7.44. The topological polar surface area (TPSA) is 156 Å². The molecule has 2 saturated heterocycles. The smallest absolute Gasteiger partial charge is 0.251 e. The van der Waals surface area contributed by atoms with Gasteiger partial charge in [-0.05, 0) is 50.1 Å². The minimum absolute atomic E-state index is 0.0831. The summed E-state index contributed by atoms with van der Waals surface area (Å²) in [5, 5.41) is 7.80. The lowest BCUT2D eigenvalue weighted by molar-refractivity contribution is -0.133. The lowest BCUT2D eigenvalue weighted by Crippen LogP contribution is -2.59. The first-order valence-electron chi connectivity index (χ1n) is 14.2. The van der Waals surface area contributed by atoms with Gasteiger partial charge < -0.3 is 30.2 Å². The van der Waals surface area contributed by atoms with Crippen LogP contribution in [-0.2, 0) is 35.1 Å². The Bertz CT molecular complexity index is 1310. The van der Waals surface area contributed by atoms with E-state index < -0.39 is 41.3 Å². The van der Waals surface area contributed by atoms with Crippen LogP contribution in [0.15, 0.2) is 54.6 Å². The van der Waals surface area contributed by atoms with Gasteiger partial charge in [-0.2, -0.15) is 0 Å². The molecule has 3 N–H and O–H groups in total. The molecule has 2 aliphatic heterocycles. The summed E-state index contributed by atoms with van der Waals surface area (Å²) in [7, 11) is 1.48. The molecule has 0 spiro atoms. The monoisotopic (exact) mass is 594 g/mol.